The highest BCUT2D eigenvalue weighted by molar-refractivity contribution is 7.91. The van der Waals surface area contributed by atoms with E-state index in [0.29, 0.717) is 29.1 Å². The molecule has 1 N–H and O–H groups in total. The summed E-state index contributed by atoms with van der Waals surface area (Å²) in [5.74, 6) is -0.142. The molecule has 1 unspecified atom stereocenters. The van der Waals surface area contributed by atoms with Gasteiger partial charge in [0.15, 0.2) is 9.84 Å². The number of carbonyl (C=O) groups is 1. The number of aryl methyl sites for hydroxylation is 1. The van der Waals surface area contributed by atoms with Crippen molar-refractivity contribution in [1.29, 1.82) is 0 Å². The summed E-state index contributed by atoms with van der Waals surface area (Å²) >= 11 is 0. The maximum Gasteiger partial charge on any atom is 0.252 e. The molecule has 4 rings (SSSR count). The van der Waals surface area contributed by atoms with Gasteiger partial charge in [-0.2, -0.15) is 10.1 Å². The molecule has 3 heterocycles. The maximum absolute atomic E-state index is 14.1. The maximum atomic E-state index is 14.1. The molecule has 0 spiro atoms. The number of hydrogen-bond acceptors (Lipinski definition) is 6. The van der Waals surface area contributed by atoms with E-state index < -0.39 is 27.6 Å². The van der Waals surface area contributed by atoms with Crippen molar-refractivity contribution in [3.8, 4) is 11.1 Å². The molecule has 10 heteroatoms. The zero-order chi connectivity index (χ0) is 19.2. The SMILES string of the molecule is Cc1nc2ncc(-c3cc(F)cc(C(=O)NC4CCS(=O)(=O)C4)c3)cn2n1. The Kier molecular flexibility index (Phi) is 4.14. The number of hydrogen-bond donors (Lipinski definition) is 1. The van der Waals surface area contributed by atoms with E-state index in [1.165, 1.54) is 22.8 Å². The number of halogens is 1. The summed E-state index contributed by atoms with van der Waals surface area (Å²) in [6.07, 6.45) is 3.55. The van der Waals surface area contributed by atoms with Crippen molar-refractivity contribution in [2.45, 2.75) is 19.4 Å². The van der Waals surface area contributed by atoms with Gasteiger partial charge in [-0.05, 0) is 37.1 Å². The molecule has 8 nitrogen and oxygen atoms in total. The Hall–Kier alpha value is -2.88. The lowest BCUT2D eigenvalue weighted by Gasteiger charge is -2.12. The largest absolute Gasteiger partial charge is 0.348 e. The van der Waals surface area contributed by atoms with Crippen LogP contribution in [0.25, 0.3) is 16.9 Å². The number of nitrogens with one attached hydrogen (secondary N) is 1. The first kappa shape index (κ1) is 17.5. The monoisotopic (exact) mass is 389 g/mol. The number of benzene rings is 1. The second kappa shape index (κ2) is 6.38. The Bertz CT molecular complexity index is 1160. The standard InChI is InChI=1S/C17H16FN5O3S/c1-10-20-17-19-7-13(8-23(17)22-10)11-4-12(6-14(18)5-11)16(24)21-15-2-3-27(25,26)9-15/h4-8,15H,2-3,9H2,1H3,(H,21,24). The van der Waals surface area contributed by atoms with Crippen LogP contribution in [0.1, 0.15) is 22.6 Å². The average molecular weight is 389 g/mol. The molecule has 27 heavy (non-hydrogen) atoms. The molecule has 1 aliphatic rings. The van der Waals surface area contributed by atoms with Crippen LogP contribution in [0, 0.1) is 12.7 Å². The minimum absolute atomic E-state index is 0.0509. The van der Waals surface area contributed by atoms with Gasteiger partial charge in [-0.3, -0.25) is 4.79 Å². The average Bonchev–Trinajstić information content (AvgIpc) is 3.14. The molecule has 3 aromatic rings. The number of sulfone groups is 1. The zero-order valence-electron chi connectivity index (χ0n) is 14.4. The van der Waals surface area contributed by atoms with Crippen molar-refractivity contribution in [2.75, 3.05) is 11.5 Å². The van der Waals surface area contributed by atoms with Crippen molar-refractivity contribution < 1.29 is 17.6 Å². The summed E-state index contributed by atoms with van der Waals surface area (Å²) in [5.41, 5.74) is 1.15. The van der Waals surface area contributed by atoms with E-state index in [-0.39, 0.29) is 17.1 Å². The second-order valence-corrected chi connectivity index (χ2v) is 8.78. The first-order valence-electron chi connectivity index (χ1n) is 8.30. The van der Waals surface area contributed by atoms with Gasteiger partial charge in [-0.1, -0.05) is 0 Å². The topological polar surface area (TPSA) is 106 Å². The molecule has 1 aliphatic heterocycles. The Labute approximate surface area is 154 Å². The molecule has 1 aromatic carbocycles. The summed E-state index contributed by atoms with van der Waals surface area (Å²) < 4.78 is 38.6. The van der Waals surface area contributed by atoms with E-state index in [9.17, 15) is 17.6 Å². The first-order chi connectivity index (χ1) is 12.8. The number of aromatic nitrogens is 4. The van der Waals surface area contributed by atoms with Gasteiger partial charge in [0.2, 0.25) is 0 Å². The van der Waals surface area contributed by atoms with Crippen molar-refractivity contribution in [1.82, 2.24) is 24.9 Å². The highest BCUT2D eigenvalue weighted by atomic mass is 32.2. The van der Waals surface area contributed by atoms with Crippen molar-refractivity contribution in [3.63, 3.8) is 0 Å². The molecule has 1 fully saturated rings. The minimum atomic E-state index is -3.11. The van der Waals surface area contributed by atoms with Crippen LogP contribution in [-0.4, -0.2) is 51.5 Å². The molecule has 0 bridgehead atoms. The quantitative estimate of drug-likeness (QED) is 0.720. The lowest BCUT2D eigenvalue weighted by molar-refractivity contribution is 0.0940. The molecule has 0 saturated carbocycles. The number of carbonyl (C=O) groups excluding carboxylic acids is 1. The number of amides is 1. The summed E-state index contributed by atoms with van der Waals surface area (Å²) in [7, 11) is -3.11. The predicted octanol–water partition coefficient (Wildman–Crippen LogP) is 1.16. The van der Waals surface area contributed by atoms with E-state index in [1.807, 2.05) is 0 Å². The van der Waals surface area contributed by atoms with Gasteiger partial charge >= 0.3 is 0 Å². The third-order valence-electron chi connectivity index (χ3n) is 4.36. The third kappa shape index (κ3) is 3.65. The van der Waals surface area contributed by atoms with Crippen molar-refractivity contribution in [2.24, 2.45) is 0 Å². The van der Waals surface area contributed by atoms with E-state index in [4.69, 9.17) is 0 Å². The van der Waals surface area contributed by atoms with Crippen LogP contribution in [0.2, 0.25) is 0 Å². The molecule has 0 radical (unpaired) electrons. The molecular weight excluding hydrogens is 373 g/mol. The van der Waals surface area contributed by atoms with Gasteiger partial charge in [0.25, 0.3) is 11.7 Å². The van der Waals surface area contributed by atoms with Crippen LogP contribution in [0.3, 0.4) is 0 Å². The molecule has 1 atom stereocenters. The van der Waals surface area contributed by atoms with Crippen molar-refractivity contribution in [3.05, 3.63) is 47.8 Å². The van der Waals surface area contributed by atoms with Crippen LogP contribution in [0.5, 0.6) is 0 Å². The Morgan fingerprint density at radius 1 is 1.30 bits per heavy atom. The van der Waals surface area contributed by atoms with Gasteiger partial charge < -0.3 is 5.32 Å². The predicted molar refractivity (Wildman–Crippen MR) is 95.4 cm³/mol. The van der Waals surface area contributed by atoms with Crippen LogP contribution in [-0.2, 0) is 9.84 Å². The molecule has 2 aromatic heterocycles. The summed E-state index contributed by atoms with van der Waals surface area (Å²) in [6, 6.07) is 3.50. The van der Waals surface area contributed by atoms with Gasteiger partial charge in [0.1, 0.15) is 11.6 Å². The molecule has 140 valence electrons. The fourth-order valence-corrected chi connectivity index (χ4v) is 4.77. The summed E-state index contributed by atoms with van der Waals surface area (Å²) in [5, 5.41) is 6.84. The Morgan fingerprint density at radius 3 is 2.85 bits per heavy atom. The molecular formula is C17H16FN5O3S. The fourth-order valence-electron chi connectivity index (χ4n) is 3.10. The highest BCUT2D eigenvalue weighted by Gasteiger charge is 2.29. The van der Waals surface area contributed by atoms with E-state index >= 15 is 0 Å². The number of fused-ring (bicyclic) bond motifs is 1. The van der Waals surface area contributed by atoms with Gasteiger partial charge in [0.05, 0.1) is 11.5 Å². The van der Waals surface area contributed by atoms with Crippen LogP contribution >= 0.6 is 0 Å². The van der Waals surface area contributed by atoms with Crippen LogP contribution in [0.4, 0.5) is 4.39 Å². The van der Waals surface area contributed by atoms with Crippen LogP contribution < -0.4 is 5.32 Å². The normalized spacial score (nSPS) is 18.7. The fraction of sp³-hybridized carbons (Fsp3) is 0.294. The lowest BCUT2D eigenvalue weighted by Crippen LogP contribution is -2.35. The Balaban J connectivity index is 1.63. The number of rotatable bonds is 3. The first-order valence-corrected chi connectivity index (χ1v) is 10.1. The molecule has 1 saturated heterocycles. The molecule has 0 aliphatic carbocycles. The van der Waals surface area contributed by atoms with Gasteiger partial charge in [-0.15, -0.1) is 0 Å². The van der Waals surface area contributed by atoms with Crippen molar-refractivity contribution >= 4 is 21.5 Å². The van der Waals surface area contributed by atoms with Crippen LogP contribution in [0.15, 0.2) is 30.6 Å². The highest BCUT2D eigenvalue weighted by Crippen LogP contribution is 2.22. The third-order valence-corrected chi connectivity index (χ3v) is 6.13. The van der Waals surface area contributed by atoms with Gasteiger partial charge in [0, 0.05) is 29.6 Å². The van der Waals surface area contributed by atoms with E-state index in [2.05, 4.69) is 20.4 Å². The van der Waals surface area contributed by atoms with E-state index in [0.717, 1.165) is 6.07 Å². The number of nitrogens with zero attached hydrogens (tertiary/aromatic N) is 4. The molecule has 1 amide bonds. The minimum Gasteiger partial charge on any atom is -0.348 e. The second-order valence-electron chi connectivity index (χ2n) is 6.55. The zero-order valence-corrected chi connectivity index (χ0v) is 15.2. The van der Waals surface area contributed by atoms with Gasteiger partial charge in [-0.25, -0.2) is 22.3 Å². The summed E-state index contributed by atoms with van der Waals surface area (Å²) in [6.45, 7) is 1.74. The van der Waals surface area contributed by atoms with E-state index in [1.54, 1.807) is 13.1 Å². The Morgan fingerprint density at radius 2 is 2.11 bits per heavy atom. The smallest absolute Gasteiger partial charge is 0.252 e. The lowest BCUT2D eigenvalue weighted by atomic mass is 10.0. The summed E-state index contributed by atoms with van der Waals surface area (Å²) in [4.78, 5) is 20.8.